The van der Waals surface area contributed by atoms with Crippen molar-refractivity contribution in [2.45, 2.75) is 57.4 Å². The number of rotatable bonds is 7. The van der Waals surface area contributed by atoms with Gasteiger partial charge in [0.2, 0.25) is 0 Å². The molecule has 1 unspecified atom stereocenters. The minimum atomic E-state index is 0.343. The Morgan fingerprint density at radius 3 is 2.47 bits per heavy atom. The minimum Gasteiger partial charge on any atom is -0.313 e. The third-order valence-electron chi connectivity index (χ3n) is 4.45. The van der Waals surface area contributed by atoms with E-state index < -0.39 is 0 Å². The fourth-order valence-corrected chi connectivity index (χ4v) is 3.30. The molecule has 0 bridgehead atoms. The molecule has 0 aromatic heterocycles. The Balaban J connectivity index is 2.23. The van der Waals surface area contributed by atoms with Crippen molar-refractivity contribution in [1.29, 1.82) is 0 Å². The molecule has 19 heavy (non-hydrogen) atoms. The summed E-state index contributed by atoms with van der Waals surface area (Å²) in [5, 5.41) is 3.78. The summed E-state index contributed by atoms with van der Waals surface area (Å²) in [7, 11) is 0. The number of benzene rings is 1. The molecular weight excluding hydrogens is 230 g/mol. The van der Waals surface area contributed by atoms with Crippen molar-refractivity contribution < 1.29 is 0 Å². The summed E-state index contributed by atoms with van der Waals surface area (Å²) in [5.74, 6) is 0. The third-order valence-corrected chi connectivity index (χ3v) is 4.45. The predicted octanol–water partition coefficient (Wildman–Crippen LogP) is 4.44. The molecule has 0 spiro atoms. The maximum absolute atomic E-state index is 4.13. The number of hydrogen-bond donors (Lipinski definition) is 1. The fraction of sp³-hybridized carbons (Fsp3) is 0.556. The van der Waals surface area contributed by atoms with Gasteiger partial charge < -0.3 is 5.32 Å². The van der Waals surface area contributed by atoms with Crippen molar-refractivity contribution in [2.24, 2.45) is 0 Å². The second-order valence-electron chi connectivity index (χ2n) is 6.04. The Morgan fingerprint density at radius 2 is 2.00 bits per heavy atom. The van der Waals surface area contributed by atoms with Crippen LogP contribution in [0.2, 0.25) is 0 Å². The van der Waals surface area contributed by atoms with E-state index in [1.54, 1.807) is 0 Å². The highest BCUT2D eigenvalue weighted by Gasteiger charge is 2.44. The van der Waals surface area contributed by atoms with Crippen LogP contribution < -0.4 is 5.32 Å². The number of hydrogen-bond acceptors (Lipinski definition) is 1. The maximum atomic E-state index is 4.13. The molecule has 1 aromatic rings. The number of nitrogens with one attached hydrogen (secondary N) is 1. The SMILES string of the molecule is C=C(C)CC(NCCC)C1(c2ccccc2)CCC1. The van der Waals surface area contributed by atoms with Gasteiger partial charge in [-0.15, -0.1) is 6.58 Å². The zero-order chi connectivity index (χ0) is 13.7. The van der Waals surface area contributed by atoms with Gasteiger partial charge in [-0.05, 0) is 44.7 Å². The van der Waals surface area contributed by atoms with Crippen molar-refractivity contribution >= 4 is 0 Å². The van der Waals surface area contributed by atoms with E-state index in [1.807, 2.05) is 0 Å². The summed E-state index contributed by atoms with van der Waals surface area (Å²) in [6.07, 6.45) is 6.26. The maximum Gasteiger partial charge on any atom is 0.0201 e. The van der Waals surface area contributed by atoms with Crippen LogP contribution in [0.15, 0.2) is 42.5 Å². The first kappa shape index (κ1) is 14.3. The zero-order valence-corrected chi connectivity index (χ0v) is 12.4. The van der Waals surface area contributed by atoms with Crippen molar-refractivity contribution in [3.8, 4) is 0 Å². The largest absolute Gasteiger partial charge is 0.313 e. The van der Waals surface area contributed by atoms with Gasteiger partial charge in [0.1, 0.15) is 0 Å². The van der Waals surface area contributed by atoms with E-state index in [1.165, 1.54) is 36.8 Å². The summed E-state index contributed by atoms with van der Waals surface area (Å²) < 4.78 is 0. The van der Waals surface area contributed by atoms with E-state index in [9.17, 15) is 0 Å². The molecule has 1 atom stereocenters. The molecule has 1 aromatic carbocycles. The van der Waals surface area contributed by atoms with Gasteiger partial charge in [0, 0.05) is 11.5 Å². The van der Waals surface area contributed by atoms with Crippen LogP contribution in [0, 0.1) is 0 Å². The topological polar surface area (TPSA) is 12.0 Å². The molecule has 1 fully saturated rings. The second-order valence-corrected chi connectivity index (χ2v) is 6.04. The van der Waals surface area contributed by atoms with Gasteiger partial charge in [-0.25, -0.2) is 0 Å². The zero-order valence-electron chi connectivity index (χ0n) is 12.4. The molecule has 0 radical (unpaired) electrons. The van der Waals surface area contributed by atoms with Gasteiger partial charge in [0.15, 0.2) is 0 Å². The van der Waals surface area contributed by atoms with Gasteiger partial charge in [-0.1, -0.05) is 49.2 Å². The lowest BCUT2D eigenvalue weighted by molar-refractivity contribution is 0.168. The molecule has 1 heteroatoms. The van der Waals surface area contributed by atoms with E-state index in [-0.39, 0.29) is 0 Å². The molecule has 2 rings (SSSR count). The van der Waals surface area contributed by atoms with E-state index in [4.69, 9.17) is 0 Å². The lowest BCUT2D eigenvalue weighted by atomic mass is 9.59. The second kappa shape index (κ2) is 6.38. The molecule has 0 amide bonds. The predicted molar refractivity (Wildman–Crippen MR) is 83.5 cm³/mol. The van der Waals surface area contributed by atoms with Crippen molar-refractivity contribution in [3.63, 3.8) is 0 Å². The highest BCUT2D eigenvalue weighted by molar-refractivity contribution is 5.31. The average molecular weight is 257 g/mol. The first-order chi connectivity index (χ1) is 9.19. The fourth-order valence-electron chi connectivity index (χ4n) is 3.30. The van der Waals surface area contributed by atoms with Gasteiger partial charge >= 0.3 is 0 Å². The monoisotopic (exact) mass is 257 g/mol. The lowest BCUT2D eigenvalue weighted by Crippen LogP contribution is -2.53. The van der Waals surface area contributed by atoms with Crippen LogP contribution in [-0.2, 0) is 5.41 Å². The molecule has 0 heterocycles. The smallest absolute Gasteiger partial charge is 0.0201 e. The highest BCUT2D eigenvalue weighted by atomic mass is 14.9. The molecule has 1 saturated carbocycles. The highest BCUT2D eigenvalue weighted by Crippen LogP contribution is 2.47. The Kier molecular flexibility index (Phi) is 4.81. The van der Waals surface area contributed by atoms with Gasteiger partial charge in [-0.2, -0.15) is 0 Å². The Hall–Kier alpha value is -1.08. The van der Waals surface area contributed by atoms with Crippen LogP contribution in [0.3, 0.4) is 0 Å². The molecule has 0 saturated heterocycles. The molecule has 0 aliphatic heterocycles. The Morgan fingerprint density at radius 1 is 1.32 bits per heavy atom. The van der Waals surface area contributed by atoms with Crippen molar-refractivity contribution in [2.75, 3.05) is 6.54 Å². The molecule has 1 nitrogen and oxygen atoms in total. The van der Waals surface area contributed by atoms with Crippen LogP contribution in [0.25, 0.3) is 0 Å². The van der Waals surface area contributed by atoms with Gasteiger partial charge in [-0.3, -0.25) is 0 Å². The Labute approximate surface area is 118 Å². The van der Waals surface area contributed by atoms with E-state index in [0.717, 1.165) is 13.0 Å². The first-order valence-electron chi connectivity index (χ1n) is 7.62. The summed E-state index contributed by atoms with van der Waals surface area (Å²) >= 11 is 0. The first-order valence-corrected chi connectivity index (χ1v) is 7.62. The summed E-state index contributed by atoms with van der Waals surface area (Å²) in [6, 6.07) is 11.6. The Bertz CT molecular complexity index is 403. The summed E-state index contributed by atoms with van der Waals surface area (Å²) in [5.41, 5.74) is 3.14. The average Bonchev–Trinajstić information content (AvgIpc) is 2.35. The van der Waals surface area contributed by atoms with Crippen LogP contribution >= 0.6 is 0 Å². The molecule has 1 aliphatic rings. The van der Waals surface area contributed by atoms with Crippen LogP contribution in [0.4, 0.5) is 0 Å². The van der Waals surface area contributed by atoms with E-state index in [2.05, 4.69) is 56.1 Å². The minimum absolute atomic E-state index is 0.343. The van der Waals surface area contributed by atoms with Crippen LogP contribution in [-0.4, -0.2) is 12.6 Å². The van der Waals surface area contributed by atoms with E-state index >= 15 is 0 Å². The molecule has 104 valence electrons. The van der Waals surface area contributed by atoms with Crippen LogP contribution in [0.5, 0.6) is 0 Å². The lowest BCUT2D eigenvalue weighted by Gasteiger charge is -2.49. The van der Waals surface area contributed by atoms with Crippen LogP contribution in [0.1, 0.15) is 51.5 Å². The van der Waals surface area contributed by atoms with Gasteiger partial charge in [0.25, 0.3) is 0 Å². The molecular formula is C18H27N. The third kappa shape index (κ3) is 3.09. The van der Waals surface area contributed by atoms with E-state index in [0.29, 0.717) is 11.5 Å². The molecule has 1 N–H and O–H groups in total. The molecule has 1 aliphatic carbocycles. The summed E-state index contributed by atoms with van der Waals surface area (Å²) in [6.45, 7) is 9.62. The van der Waals surface area contributed by atoms with Crippen molar-refractivity contribution in [3.05, 3.63) is 48.0 Å². The van der Waals surface area contributed by atoms with Crippen molar-refractivity contribution in [1.82, 2.24) is 5.32 Å². The normalized spacial score (nSPS) is 18.6. The summed E-state index contributed by atoms with van der Waals surface area (Å²) in [4.78, 5) is 0. The van der Waals surface area contributed by atoms with Gasteiger partial charge in [0.05, 0.1) is 0 Å². The quantitative estimate of drug-likeness (QED) is 0.712. The standard InChI is InChI=1S/C18H27N/c1-4-13-19-17(14-15(2)3)18(11-8-12-18)16-9-6-5-7-10-16/h5-7,9-10,17,19H,2,4,8,11-14H2,1,3H3.